The number of rotatable bonds is 7. The molecule has 0 aliphatic heterocycles. The third kappa shape index (κ3) is 5.33. The highest BCUT2D eigenvalue weighted by molar-refractivity contribution is 7.99. The van der Waals surface area contributed by atoms with Crippen LogP contribution in [0.3, 0.4) is 0 Å². The second-order valence-corrected chi connectivity index (χ2v) is 5.42. The molecule has 0 aliphatic rings. The van der Waals surface area contributed by atoms with Crippen molar-refractivity contribution in [3.8, 4) is 0 Å². The van der Waals surface area contributed by atoms with Gasteiger partial charge in [0, 0.05) is 10.7 Å². The summed E-state index contributed by atoms with van der Waals surface area (Å²) in [6, 6.07) is 6.91. The largest absolute Gasteiger partial charge is 0.374 e. The number of halogens is 1. The van der Waals surface area contributed by atoms with Gasteiger partial charge in [0.1, 0.15) is 6.04 Å². The monoisotopic (exact) mass is 272 g/mol. The Morgan fingerprint density at radius 1 is 1.47 bits per heavy atom. The maximum atomic E-state index is 11.3. The van der Waals surface area contributed by atoms with E-state index in [9.17, 15) is 4.79 Å². The van der Waals surface area contributed by atoms with E-state index in [1.54, 1.807) is 23.9 Å². The SMILES string of the molecule is CCSCCC(Nc1ccc(Cl)cc1)C(N)=O. The molecule has 1 aromatic carbocycles. The molecule has 0 bridgehead atoms. The van der Waals surface area contributed by atoms with Crippen molar-refractivity contribution in [1.82, 2.24) is 0 Å². The maximum absolute atomic E-state index is 11.3. The van der Waals surface area contributed by atoms with Gasteiger partial charge in [-0.05, 0) is 42.2 Å². The van der Waals surface area contributed by atoms with Crippen LogP contribution >= 0.6 is 23.4 Å². The number of nitrogens with two attached hydrogens (primary N) is 1. The Bertz CT molecular complexity index is 356. The summed E-state index contributed by atoms with van der Waals surface area (Å²) < 4.78 is 0. The lowest BCUT2D eigenvalue weighted by molar-refractivity contribution is -0.118. The Hall–Kier alpha value is -0.870. The molecule has 1 aromatic rings. The molecule has 0 radical (unpaired) electrons. The molecule has 0 aromatic heterocycles. The van der Waals surface area contributed by atoms with E-state index < -0.39 is 0 Å². The lowest BCUT2D eigenvalue weighted by Crippen LogP contribution is -2.35. The number of primary amides is 1. The summed E-state index contributed by atoms with van der Waals surface area (Å²) in [6.07, 6.45) is 0.733. The van der Waals surface area contributed by atoms with Crippen molar-refractivity contribution in [2.75, 3.05) is 16.8 Å². The number of carbonyl (C=O) groups is 1. The molecule has 0 saturated heterocycles. The first-order valence-corrected chi connectivity index (χ1v) is 7.06. The van der Waals surface area contributed by atoms with Gasteiger partial charge in [0.2, 0.25) is 5.91 Å². The minimum atomic E-state index is -0.324. The molecule has 3 N–H and O–H groups in total. The van der Waals surface area contributed by atoms with Crippen molar-refractivity contribution in [2.24, 2.45) is 5.73 Å². The fraction of sp³-hybridized carbons (Fsp3) is 0.417. The van der Waals surface area contributed by atoms with Gasteiger partial charge in [-0.2, -0.15) is 11.8 Å². The predicted molar refractivity (Wildman–Crippen MR) is 75.7 cm³/mol. The number of anilines is 1. The van der Waals surface area contributed by atoms with Crippen molar-refractivity contribution in [2.45, 2.75) is 19.4 Å². The molecular weight excluding hydrogens is 256 g/mol. The summed E-state index contributed by atoms with van der Waals surface area (Å²) in [4.78, 5) is 11.3. The highest BCUT2D eigenvalue weighted by atomic mass is 35.5. The van der Waals surface area contributed by atoms with Crippen LogP contribution in [0.2, 0.25) is 5.02 Å². The van der Waals surface area contributed by atoms with E-state index in [2.05, 4.69) is 12.2 Å². The number of hydrogen-bond acceptors (Lipinski definition) is 3. The van der Waals surface area contributed by atoms with E-state index in [0.717, 1.165) is 23.6 Å². The Labute approximate surface area is 111 Å². The van der Waals surface area contributed by atoms with Crippen LogP contribution in [0.25, 0.3) is 0 Å². The molecule has 1 unspecified atom stereocenters. The van der Waals surface area contributed by atoms with E-state index >= 15 is 0 Å². The first-order valence-electron chi connectivity index (χ1n) is 5.52. The van der Waals surface area contributed by atoms with Gasteiger partial charge in [-0.15, -0.1) is 0 Å². The second kappa shape index (κ2) is 7.45. The zero-order valence-electron chi connectivity index (χ0n) is 9.78. The molecule has 3 nitrogen and oxygen atoms in total. The highest BCUT2D eigenvalue weighted by Crippen LogP contribution is 2.15. The molecule has 1 atom stereocenters. The van der Waals surface area contributed by atoms with E-state index in [1.807, 2.05) is 12.1 Å². The molecule has 1 rings (SSSR count). The average molecular weight is 273 g/mol. The molecule has 5 heteroatoms. The Kier molecular flexibility index (Phi) is 6.22. The van der Waals surface area contributed by atoms with E-state index in [4.69, 9.17) is 17.3 Å². The molecule has 17 heavy (non-hydrogen) atoms. The second-order valence-electron chi connectivity index (χ2n) is 3.59. The molecular formula is C12H17ClN2OS. The van der Waals surface area contributed by atoms with Crippen molar-refractivity contribution >= 4 is 35.0 Å². The van der Waals surface area contributed by atoms with E-state index in [0.29, 0.717) is 5.02 Å². The van der Waals surface area contributed by atoms with Crippen molar-refractivity contribution < 1.29 is 4.79 Å². The van der Waals surface area contributed by atoms with Crippen LogP contribution in [-0.2, 0) is 4.79 Å². The summed E-state index contributed by atoms with van der Waals surface area (Å²) in [5.74, 6) is 1.65. The van der Waals surface area contributed by atoms with Gasteiger partial charge in [-0.25, -0.2) is 0 Å². The lowest BCUT2D eigenvalue weighted by atomic mass is 10.2. The molecule has 0 fully saturated rings. The first-order chi connectivity index (χ1) is 8.13. The Balaban J connectivity index is 2.54. The fourth-order valence-electron chi connectivity index (χ4n) is 1.38. The fourth-order valence-corrected chi connectivity index (χ4v) is 2.20. The van der Waals surface area contributed by atoms with Gasteiger partial charge in [-0.3, -0.25) is 4.79 Å². The smallest absolute Gasteiger partial charge is 0.239 e. The molecule has 0 heterocycles. The van der Waals surface area contributed by atoms with Crippen LogP contribution < -0.4 is 11.1 Å². The van der Waals surface area contributed by atoms with Crippen LogP contribution in [-0.4, -0.2) is 23.5 Å². The summed E-state index contributed by atoms with van der Waals surface area (Å²) >= 11 is 7.59. The number of amides is 1. The van der Waals surface area contributed by atoms with Gasteiger partial charge in [-0.1, -0.05) is 18.5 Å². The van der Waals surface area contributed by atoms with Gasteiger partial charge < -0.3 is 11.1 Å². The predicted octanol–water partition coefficient (Wildman–Crippen LogP) is 2.75. The first kappa shape index (κ1) is 14.2. The van der Waals surface area contributed by atoms with Gasteiger partial charge in [0.05, 0.1) is 0 Å². The Morgan fingerprint density at radius 2 is 2.12 bits per heavy atom. The van der Waals surface area contributed by atoms with E-state index in [1.165, 1.54) is 0 Å². The maximum Gasteiger partial charge on any atom is 0.239 e. The molecule has 0 saturated carbocycles. The summed E-state index contributed by atoms with van der Waals surface area (Å²) in [7, 11) is 0. The quantitative estimate of drug-likeness (QED) is 0.751. The van der Waals surface area contributed by atoms with Crippen LogP contribution in [0.15, 0.2) is 24.3 Å². The minimum absolute atomic E-state index is 0.323. The summed E-state index contributed by atoms with van der Waals surface area (Å²) in [6.45, 7) is 2.09. The normalized spacial score (nSPS) is 12.1. The standard InChI is InChI=1S/C12H17ClN2OS/c1-2-17-8-7-11(12(14)16)15-10-5-3-9(13)4-6-10/h3-6,11,15H,2,7-8H2,1H3,(H2,14,16). The molecule has 0 aliphatic carbocycles. The third-order valence-corrected chi connectivity index (χ3v) is 3.47. The minimum Gasteiger partial charge on any atom is -0.374 e. The van der Waals surface area contributed by atoms with Crippen molar-refractivity contribution in [3.05, 3.63) is 29.3 Å². The Morgan fingerprint density at radius 3 is 2.65 bits per heavy atom. The van der Waals surface area contributed by atoms with Crippen LogP contribution in [0, 0.1) is 0 Å². The number of nitrogens with one attached hydrogen (secondary N) is 1. The highest BCUT2D eigenvalue weighted by Gasteiger charge is 2.14. The number of hydrogen-bond donors (Lipinski definition) is 2. The molecule has 0 spiro atoms. The number of benzene rings is 1. The van der Waals surface area contributed by atoms with Crippen LogP contribution in [0.4, 0.5) is 5.69 Å². The summed E-state index contributed by atoms with van der Waals surface area (Å²) in [5, 5.41) is 3.79. The number of thioether (sulfide) groups is 1. The zero-order valence-corrected chi connectivity index (χ0v) is 11.4. The topological polar surface area (TPSA) is 55.1 Å². The molecule has 94 valence electrons. The zero-order chi connectivity index (χ0) is 12.7. The van der Waals surface area contributed by atoms with Crippen LogP contribution in [0.5, 0.6) is 0 Å². The van der Waals surface area contributed by atoms with Gasteiger partial charge in [0.15, 0.2) is 0 Å². The van der Waals surface area contributed by atoms with Gasteiger partial charge in [0.25, 0.3) is 0 Å². The summed E-state index contributed by atoms with van der Waals surface area (Å²) in [5.41, 5.74) is 6.22. The van der Waals surface area contributed by atoms with Crippen molar-refractivity contribution in [3.63, 3.8) is 0 Å². The van der Waals surface area contributed by atoms with Crippen molar-refractivity contribution in [1.29, 1.82) is 0 Å². The average Bonchev–Trinajstić information content (AvgIpc) is 2.30. The molecule has 1 amide bonds. The van der Waals surface area contributed by atoms with Crippen LogP contribution in [0.1, 0.15) is 13.3 Å². The lowest BCUT2D eigenvalue weighted by Gasteiger charge is -2.16. The van der Waals surface area contributed by atoms with Gasteiger partial charge >= 0.3 is 0 Å². The number of carbonyl (C=O) groups excluding carboxylic acids is 1. The van der Waals surface area contributed by atoms with E-state index in [-0.39, 0.29) is 11.9 Å². The third-order valence-electron chi connectivity index (χ3n) is 2.28.